The molecular weight excluding hydrogens is 240 g/mol. The third kappa shape index (κ3) is 2.65. The van der Waals surface area contributed by atoms with E-state index in [0.717, 1.165) is 17.8 Å². The fourth-order valence-corrected chi connectivity index (χ4v) is 2.07. The van der Waals surface area contributed by atoms with Crippen molar-refractivity contribution in [2.45, 2.75) is 19.9 Å². The van der Waals surface area contributed by atoms with Crippen molar-refractivity contribution < 1.29 is 4.79 Å². The molecule has 98 valence electrons. The van der Waals surface area contributed by atoms with E-state index in [9.17, 15) is 4.79 Å². The number of aromatic nitrogens is 3. The van der Waals surface area contributed by atoms with Crippen LogP contribution >= 0.6 is 0 Å². The highest BCUT2D eigenvalue weighted by molar-refractivity contribution is 5.81. The van der Waals surface area contributed by atoms with Gasteiger partial charge in [-0.3, -0.25) is 4.79 Å². The summed E-state index contributed by atoms with van der Waals surface area (Å²) in [6.07, 6.45) is 6.35. The Hall–Kier alpha value is -2.17. The summed E-state index contributed by atoms with van der Waals surface area (Å²) < 4.78 is 1.70. The molecular formula is C14H16N4O. The first kappa shape index (κ1) is 11.9. The zero-order valence-electron chi connectivity index (χ0n) is 10.8. The van der Waals surface area contributed by atoms with Gasteiger partial charge in [0.05, 0.1) is 0 Å². The van der Waals surface area contributed by atoms with Crippen molar-refractivity contribution in [1.29, 1.82) is 0 Å². The highest BCUT2D eigenvalue weighted by atomic mass is 16.2. The summed E-state index contributed by atoms with van der Waals surface area (Å²) in [6.45, 7) is 2.64. The van der Waals surface area contributed by atoms with E-state index in [1.54, 1.807) is 17.1 Å². The number of amides is 1. The Labute approximate surface area is 111 Å². The molecule has 0 aliphatic heterocycles. The van der Waals surface area contributed by atoms with Gasteiger partial charge in [0.1, 0.15) is 0 Å². The zero-order valence-corrected chi connectivity index (χ0v) is 10.8. The minimum absolute atomic E-state index is 0.156. The van der Waals surface area contributed by atoms with Crippen LogP contribution in [-0.4, -0.2) is 20.7 Å². The molecule has 1 N–H and O–H groups in total. The van der Waals surface area contributed by atoms with Crippen molar-refractivity contribution in [3.8, 4) is 5.82 Å². The van der Waals surface area contributed by atoms with Gasteiger partial charge < -0.3 is 5.32 Å². The monoisotopic (exact) mass is 256 g/mol. The fourth-order valence-electron chi connectivity index (χ4n) is 2.07. The normalized spacial score (nSPS) is 21.1. The van der Waals surface area contributed by atoms with Crippen LogP contribution in [0.3, 0.4) is 0 Å². The third-order valence-electron chi connectivity index (χ3n) is 3.46. The second-order valence-corrected chi connectivity index (χ2v) is 5.01. The van der Waals surface area contributed by atoms with Crippen molar-refractivity contribution in [3.05, 3.63) is 42.4 Å². The van der Waals surface area contributed by atoms with Crippen LogP contribution in [0, 0.1) is 11.8 Å². The number of nitrogens with zero attached hydrogens (tertiary/aromatic N) is 3. The Bertz CT molecular complexity index is 562. The number of carbonyl (C=O) groups excluding carboxylic acids is 1. The molecule has 3 rings (SSSR count). The molecule has 1 fully saturated rings. The van der Waals surface area contributed by atoms with Gasteiger partial charge in [-0.05, 0) is 30.0 Å². The van der Waals surface area contributed by atoms with Crippen molar-refractivity contribution in [1.82, 2.24) is 20.1 Å². The third-order valence-corrected chi connectivity index (χ3v) is 3.46. The Morgan fingerprint density at radius 2 is 2.37 bits per heavy atom. The summed E-state index contributed by atoms with van der Waals surface area (Å²) in [5, 5.41) is 7.06. The van der Waals surface area contributed by atoms with Gasteiger partial charge in [0.2, 0.25) is 5.91 Å². The lowest BCUT2D eigenvalue weighted by molar-refractivity contribution is -0.122. The van der Waals surface area contributed by atoms with Crippen molar-refractivity contribution in [2.75, 3.05) is 0 Å². The molecule has 0 aromatic carbocycles. The van der Waals surface area contributed by atoms with Crippen LogP contribution in [0.15, 0.2) is 36.8 Å². The quantitative estimate of drug-likeness (QED) is 0.902. The van der Waals surface area contributed by atoms with Gasteiger partial charge in [0.15, 0.2) is 5.82 Å². The van der Waals surface area contributed by atoms with E-state index < -0.39 is 0 Å². The summed E-state index contributed by atoms with van der Waals surface area (Å²) in [4.78, 5) is 16.0. The molecule has 2 aromatic heterocycles. The minimum Gasteiger partial charge on any atom is -0.352 e. The molecule has 19 heavy (non-hydrogen) atoms. The molecule has 0 saturated heterocycles. The summed E-state index contributed by atoms with van der Waals surface area (Å²) in [6, 6.07) is 5.71. The van der Waals surface area contributed by atoms with Gasteiger partial charge in [-0.15, -0.1) is 0 Å². The molecule has 0 bridgehead atoms. The molecule has 1 aliphatic rings. The number of hydrogen-bond donors (Lipinski definition) is 1. The number of carbonyl (C=O) groups is 1. The molecule has 0 unspecified atom stereocenters. The molecule has 0 radical (unpaired) electrons. The highest BCUT2D eigenvalue weighted by Gasteiger charge is 2.38. The van der Waals surface area contributed by atoms with Crippen LogP contribution in [0.5, 0.6) is 0 Å². The number of nitrogens with one attached hydrogen (secondary N) is 1. The number of hydrogen-bond acceptors (Lipinski definition) is 3. The van der Waals surface area contributed by atoms with Crippen LogP contribution in [0.2, 0.25) is 0 Å². The minimum atomic E-state index is 0.156. The maximum Gasteiger partial charge on any atom is 0.223 e. The van der Waals surface area contributed by atoms with Crippen LogP contribution < -0.4 is 5.32 Å². The molecule has 2 aromatic rings. The topological polar surface area (TPSA) is 59.8 Å². The molecule has 2 atom stereocenters. The largest absolute Gasteiger partial charge is 0.352 e. The second-order valence-electron chi connectivity index (χ2n) is 5.01. The molecule has 2 heterocycles. The molecule has 0 spiro atoms. The van der Waals surface area contributed by atoms with E-state index in [0.29, 0.717) is 12.5 Å². The smallest absolute Gasteiger partial charge is 0.223 e. The maximum absolute atomic E-state index is 11.7. The van der Waals surface area contributed by atoms with E-state index in [2.05, 4.69) is 22.3 Å². The Morgan fingerprint density at radius 3 is 2.95 bits per heavy atom. The van der Waals surface area contributed by atoms with E-state index in [1.807, 2.05) is 24.4 Å². The summed E-state index contributed by atoms with van der Waals surface area (Å²) in [5.41, 5.74) is 0.998. The Balaban J connectivity index is 1.59. The molecule has 1 amide bonds. The first-order valence-electron chi connectivity index (χ1n) is 6.46. The first-order valence-corrected chi connectivity index (χ1v) is 6.46. The number of rotatable bonds is 4. The van der Waals surface area contributed by atoms with E-state index in [1.165, 1.54) is 0 Å². The van der Waals surface area contributed by atoms with Gasteiger partial charge in [-0.1, -0.05) is 13.0 Å². The lowest BCUT2D eigenvalue weighted by Gasteiger charge is -2.05. The van der Waals surface area contributed by atoms with Crippen molar-refractivity contribution in [3.63, 3.8) is 0 Å². The van der Waals surface area contributed by atoms with Crippen LogP contribution in [0.25, 0.3) is 5.82 Å². The standard InChI is InChI=1S/C14H16N4O/c1-10-7-12(10)14(19)16-9-11-3-4-13(15-8-11)18-6-2-5-17-18/h2-6,8,10,12H,7,9H2,1H3,(H,16,19)/t10-,12-/m1/s1. The van der Waals surface area contributed by atoms with Gasteiger partial charge in [-0.2, -0.15) is 5.10 Å². The van der Waals surface area contributed by atoms with Gasteiger partial charge in [-0.25, -0.2) is 9.67 Å². The Morgan fingerprint density at radius 1 is 1.53 bits per heavy atom. The zero-order chi connectivity index (χ0) is 13.2. The predicted molar refractivity (Wildman–Crippen MR) is 70.5 cm³/mol. The van der Waals surface area contributed by atoms with E-state index in [4.69, 9.17) is 0 Å². The summed E-state index contributed by atoms with van der Waals surface area (Å²) in [5.74, 6) is 1.69. The lowest BCUT2D eigenvalue weighted by atomic mass is 10.2. The average molecular weight is 256 g/mol. The SMILES string of the molecule is C[C@@H]1C[C@H]1C(=O)NCc1ccc(-n2cccn2)nc1. The van der Waals surface area contributed by atoms with E-state index in [-0.39, 0.29) is 11.8 Å². The Kier molecular flexibility index (Phi) is 3.03. The van der Waals surface area contributed by atoms with Crippen LogP contribution in [-0.2, 0) is 11.3 Å². The van der Waals surface area contributed by atoms with Gasteiger partial charge in [0, 0.05) is 31.1 Å². The van der Waals surface area contributed by atoms with Crippen LogP contribution in [0.4, 0.5) is 0 Å². The maximum atomic E-state index is 11.7. The lowest BCUT2D eigenvalue weighted by Crippen LogP contribution is -2.24. The fraction of sp³-hybridized carbons (Fsp3) is 0.357. The molecule has 1 saturated carbocycles. The molecule has 5 heteroatoms. The summed E-state index contributed by atoms with van der Waals surface area (Å²) >= 11 is 0. The van der Waals surface area contributed by atoms with Gasteiger partial charge in [0.25, 0.3) is 0 Å². The van der Waals surface area contributed by atoms with Crippen LogP contribution in [0.1, 0.15) is 18.9 Å². The molecule has 5 nitrogen and oxygen atoms in total. The summed E-state index contributed by atoms with van der Waals surface area (Å²) in [7, 11) is 0. The molecule has 1 aliphatic carbocycles. The van der Waals surface area contributed by atoms with Crippen molar-refractivity contribution >= 4 is 5.91 Å². The predicted octanol–water partition coefficient (Wildman–Crippen LogP) is 1.54. The van der Waals surface area contributed by atoms with E-state index >= 15 is 0 Å². The van der Waals surface area contributed by atoms with Crippen molar-refractivity contribution in [2.24, 2.45) is 11.8 Å². The first-order chi connectivity index (χ1) is 9.24. The second kappa shape index (κ2) is 4.84. The van der Waals surface area contributed by atoms with Gasteiger partial charge >= 0.3 is 0 Å². The highest BCUT2D eigenvalue weighted by Crippen LogP contribution is 2.37. The average Bonchev–Trinajstić information content (AvgIpc) is 2.94. The number of pyridine rings is 1.